The zero-order valence-electron chi connectivity index (χ0n) is 14.1. The molecule has 1 aromatic carbocycles. The summed E-state index contributed by atoms with van der Waals surface area (Å²) in [5.74, 6) is 0.539. The molecule has 1 atom stereocenters. The van der Waals surface area contributed by atoms with E-state index in [4.69, 9.17) is 4.74 Å². The molecule has 2 aliphatic heterocycles. The van der Waals surface area contributed by atoms with Crippen molar-refractivity contribution in [2.45, 2.75) is 25.3 Å². The lowest BCUT2D eigenvalue weighted by molar-refractivity contribution is 0.0368. The molecule has 2 aromatic rings. The first kappa shape index (κ1) is 15.4. The first-order chi connectivity index (χ1) is 11.8. The van der Waals surface area contributed by atoms with Crippen LogP contribution in [0.25, 0.3) is 10.8 Å². The molecule has 24 heavy (non-hydrogen) atoms. The smallest absolute Gasteiger partial charge is 0.272 e. The van der Waals surface area contributed by atoms with Crippen LogP contribution >= 0.6 is 0 Å². The third kappa shape index (κ3) is 2.73. The summed E-state index contributed by atoms with van der Waals surface area (Å²) in [6, 6.07) is 10.3. The lowest BCUT2D eigenvalue weighted by atomic mass is 9.99. The summed E-state index contributed by atoms with van der Waals surface area (Å²) in [4.78, 5) is 21.9. The normalized spacial score (nSPS) is 21.5. The van der Waals surface area contributed by atoms with E-state index in [0.29, 0.717) is 17.6 Å². The number of amides is 1. The van der Waals surface area contributed by atoms with Crippen molar-refractivity contribution < 1.29 is 9.53 Å². The fourth-order valence-corrected chi connectivity index (χ4v) is 3.93. The van der Waals surface area contributed by atoms with Crippen LogP contribution in [0.15, 0.2) is 30.3 Å². The SMILES string of the molecule is COc1nc(C(=O)N2CCN3CCCCC3C2)cc2ccccc12. The molecule has 5 heteroatoms. The highest BCUT2D eigenvalue weighted by atomic mass is 16.5. The molecule has 0 radical (unpaired) electrons. The number of carbonyl (C=O) groups excluding carboxylic acids is 1. The second-order valence-corrected chi connectivity index (χ2v) is 6.67. The topological polar surface area (TPSA) is 45.7 Å². The minimum Gasteiger partial charge on any atom is -0.481 e. The summed E-state index contributed by atoms with van der Waals surface area (Å²) in [6.45, 7) is 3.75. The standard InChI is InChI=1S/C19H23N3O2/c1-24-18-16-8-3-2-6-14(16)12-17(20-18)19(23)22-11-10-21-9-5-4-7-15(21)13-22/h2-3,6,8,12,15H,4-5,7,9-11,13H2,1H3. The van der Waals surface area contributed by atoms with Gasteiger partial charge >= 0.3 is 0 Å². The second-order valence-electron chi connectivity index (χ2n) is 6.67. The van der Waals surface area contributed by atoms with E-state index in [9.17, 15) is 4.79 Å². The maximum absolute atomic E-state index is 13.0. The molecular weight excluding hydrogens is 302 g/mol. The Balaban J connectivity index is 1.61. The average molecular weight is 325 g/mol. The van der Waals surface area contributed by atoms with Crippen molar-refractivity contribution in [3.05, 3.63) is 36.0 Å². The molecule has 1 aromatic heterocycles. The number of hydrogen-bond donors (Lipinski definition) is 0. The highest BCUT2D eigenvalue weighted by Crippen LogP contribution is 2.26. The quantitative estimate of drug-likeness (QED) is 0.851. The lowest BCUT2D eigenvalue weighted by Crippen LogP contribution is -2.56. The van der Waals surface area contributed by atoms with E-state index >= 15 is 0 Å². The third-order valence-corrected chi connectivity index (χ3v) is 5.24. The number of aromatic nitrogens is 1. The number of benzene rings is 1. The van der Waals surface area contributed by atoms with Crippen LogP contribution in [0.1, 0.15) is 29.8 Å². The van der Waals surface area contributed by atoms with E-state index in [0.717, 1.165) is 30.4 Å². The zero-order valence-corrected chi connectivity index (χ0v) is 14.1. The van der Waals surface area contributed by atoms with Gasteiger partial charge in [-0.2, -0.15) is 0 Å². The molecule has 0 bridgehead atoms. The maximum Gasteiger partial charge on any atom is 0.272 e. The summed E-state index contributed by atoms with van der Waals surface area (Å²) < 4.78 is 5.40. The Bertz CT molecular complexity index is 761. The van der Waals surface area contributed by atoms with Crippen LogP contribution in [0.4, 0.5) is 0 Å². The van der Waals surface area contributed by atoms with Crippen molar-refractivity contribution in [2.24, 2.45) is 0 Å². The molecule has 1 unspecified atom stereocenters. The Hall–Kier alpha value is -2.14. The van der Waals surface area contributed by atoms with E-state index in [1.165, 1.54) is 25.8 Å². The number of methoxy groups -OCH3 is 1. The van der Waals surface area contributed by atoms with Crippen molar-refractivity contribution in [1.82, 2.24) is 14.8 Å². The van der Waals surface area contributed by atoms with Gasteiger partial charge in [-0.25, -0.2) is 4.98 Å². The molecule has 4 rings (SSSR count). The van der Waals surface area contributed by atoms with Gasteiger partial charge in [0.15, 0.2) is 0 Å². The van der Waals surface area contributed by atoms with Crippen LogP contribution in [-0.4, -0.2) is 60.0 Å². The molecule has 2 fully saturated rings. The molecule has 0 N–H and O–H groups in total. The number of piperazine rings is 1. The summed E-state index contributed by atoms with van der Waals surface area (Å²) >= 11 is 0. The van der Waals surface area contributed by atoms with Gasteiger partial charge in [0.25, 0.3) is 5.91 Å². The van der Waals surface area contributed by atoms with E-state index in [2.05, 4.69) is 9.88 Å². The Morgan fingerprint density at radius 3 is 2.96 bits per heavy atom. The van der Waals surface area contributed by atoms with Gasteiger partial charge in [0.2, 0.25) is 5.88 Å². The van der Waals surface area contributed by atoms with Gasteiger partial charge in [-0.05, 0) is 36.9 Å². The number of rotatable bonds is 2. The first-order valence-electron chi connectivity index (χ1n) is 8.73. The van der Waals surface area contributed by atoms with Gasteiger partial charge in [0.1, 0.15) is 5.69 Å². The van der Waals surface area contributed by atoms with Crippen LogP contribution < -0.4 is 4.74 Å². The van der Waals surface area contributed by atoms with Crippen molar-refractivity contribution >= 4 is 16.7 Å². The van der Waals surface area contributed by atoms with Gasteiger partial charge < -0.3 is 9.64 Å². The number of pyridine rings is 1. The van der Waals surface area contributed by atoms with Crippen LogP contribution in [0.2, 0.25) is 0 Å². The minimum atomic E-state index is 0.0178. The van der Waals surface area contributed by atoms with Gasteiger partial charge in [0, 0.05) is 31.1 Å². The highest BCUT2D eigenvalue weighted by Gasteiger charge is 2.32. The Kier molecular flexibility index (Phi) is 4.10. The van der Waals surface area contributed by atoms with Crippen molar-refractivity contribution in [3.8, 4) is 5.88 Å². The van der Waals surface area contributed by atoms with Crippen LogP contribution in [0.5, 0.6) is 5.88 Å². The Morgan fingerprint density at radius 1 is 1.21 bits per heavy atom. The fourth-order valence-electron chi connectivity index (χ4n) is 3.93. The summed E-state index contributed by atoms with van der Waals surface area (Å²) in [5, 5.41) is 1.93. The third-order valence-electron chi connectivity index (χ3n) is 5.24. The number of piperidine rings is 1. The summed E-state index contributed by atoms with van der Waals surface area (Å²) in [7, 11) is 1.60. The minimum absolute atomic E-state index is 0.0178. The predicted molar refractivity (Wildman–Crippen MR) is 93.4 cm³/mol. The van der Waals surface area contributed by atoms with E-state index in [-0.39, 0.29) is 5.91 Å². The van der Waals surface area contributed by atoms with Crippen molar-refractivity contribution in [1.29, 1.82) is 0 Å². The number of hydrogen-bond acceptors (Lipinski definition) is 4. The number of ether oxygens (including phenoxy) is 1. The number of carbonyl (C=O) groups is 1. The van der Waals surface area contributed by atoms with Gasteiger partial charge in [0.05, 0.1) is 7.11 Å². The van der Waals surface area contributed by atoms with Crippen LogP contribution in [0.3, 0.4) is 0 Å². The molecule has 5 nitrogen and oxygen atoms in total. The predicted octanol–water partition coefficient (Wildman–Crippen LogP) is 2.55. The summed E-state index contributed by atoms with van der Waals surface area (Å²) in [6.07, 6.45) is 3.75. The Morgan fingerprint density at radius 2 is 2.08 bits per heavy atom. The van der Waals surface area contributed by atoms with Gasteiger partial charge in [-0.3, -0.25) is 9.69 Å². The fraction of sp³-hybridized carbons (Fsp3) is 0.474. The van der Waals surface area contributed by atoms with Crippen molar-refractivity contribution in [2.75, 3.05) is 33.3 Å². The van der Waals surface area contributed by atoms with Crippen LogP contribution in [0, 0.1) is 0 Å². The second kappa shape index (κ2) is 6.40. The molecule has 3 heterocycles. The lowest BCUT2D eigenvalue weighted by Gasteiger charge is -2.43. The summed E-state index contributed by atoms with van der Waals surface area (Å²) in [5.41, 5.74) is 0.481. The van der Waals surface area contributed by atoms with E-state index < -0.39 is 0 Å². The van der Waals surface area contributed by atoms with Crippen LogP contribution in [-0.2, 0) is 0 Å². The molecule has 0 aliphatic carbocycles. The maximum atomic E-state index is 13.0. The largest absolute Gasteiger partial charge is 0.481 e. The number of fused-ring (bicyclic) bond motifs is 2. The molecule has 1 amide bonds. The van der Waals surface area contributed by atoms with E-state index in [1.54, 1.807) is 7.11 Å². The monoisotopic (exact) mass is 325 g/mol. The molecule has 0 saturated carbocycles. The van der Waals surface area contributed by atoms with Crippen molar-refractivity contribution in [3.63, 3.8) is 0 Å². The number of nitrogens with zero attached hydrogens (tertiary/aromatic N) is 3. The average Bonchev–Trinajstić information content (AvgIpc) is 2.66. The first-order valence-corrected chi connectivity index (χ1v) is 8.73. The van der Waals surface area contributed by atoms with Gasteiger partial charge in [-0.1, -0.05) is 24.6 Å². The molecular formula is C19H23N3O2. The zero-order chi connectivity index (χ0) is 16.5. The van der Waals surface area contributed by atoms with Gasteiger partial charge in [-0.15, -0.1) is 0 Å². The Labute approximate surface area is 142 Å². The molecule has 0 spiro atoms. The molecule has 2 saturated heterocycles. The molecule has 126 valence electrons. The molecule has 2 aliphatic rings. The van der Waals surface area contributed by atoms with E-state index in [1.807, 2.05) is 35.2 Å². The highest BCUT2D eigenvalue weighted by molar-refractivity contribution is 5.98.